The molecule has 0 aromatic heterocycles. The third-order valence-corrected chi connectivity index (χ3v) is 1.73. The molecule has 0 amide bonds. The van der Waals surface area contributed by atoms with Crippen LogP contribution in [0.1, 0.15) is 6.92 Å². The molecule has 8 heteroatoms. The topological polar surface area (TPSA) is 35.5 Å². The van der Waals surface area contributed by atoms with Crippen molar-refractivity contribution in [2.24, 2.45) is 0 Å². The average molecular weight is 223 g/mol. The Morgan fingerprint density at radius 1 is 1.38 bits per heavy atom. The summed E-state index contributed by atoms with van der Waals surface area (Å²) in [5.41, 5.74) is 0. The zero-order valence-electron chi connectivity index (χ0n) is 6.68. The van der Waals surface area contributed by atoms with Gasteiger partial charge in [0.15, 0.2) is 6.61 Å². The highest BCUT2D eigenvalue weighted by atomic mass is 31.1. The van der Waals surface area contributed by atoms with E-state index in [9.17, 15) is 22.1 Å². The molecule has 13 heavy (non-hydrogen) atoms. The fraction of sp³-hybridized carbons (Fsp3) is 1.00. The third kappa shape index (κ3) is 5.13. The summed E-state index contributed by atoms with van der Waals surface area (Å²) in [6.07, 6.45) is -3.84. The summed E-state index contributed by atoms with van der Waals surface area (Å²) in [6.45, 7) is -0.156. The lowest BCUT2D eigenvalue weighted by Gasteiger charge is -2.10. The van der Waals surface area contributed by atoms with E-state index in [0.717, 1.165) is 0 Å². The summed E-state index contributed by atoms with van der Waals surface area (Å²) in [5.74, 6) is -4.29. The van der Waals surface area contributed by atoms with Gasteiger partial charge < -0.3 is 0 Å². The molecule has 0 fully saturated rings. The monoisotopic (exact) mass is 223 g/mol. The van der Waals surface area contributed by atoms with Crippen molar-refractivity contribution in [3.05, 3.63) is 0 Å². The summed E-state index contributed by atoms with van der Waals surface area (Å²) >= 11 is 0. The van der Waals surface area contributed by atoms with E-state index in [-0.39, 0.29) is 6.61 Å². The molecule has 0 aliphatic rings. The maximum Gasteiger partial charge on any atom is 0.697 e. The minimum atomic E-state index is -4.29. The lowest BCUT2D eigenvalue weighted by Crippen LogP contribution is -2.31. The van der Waals surface area contributed by atoms with Crippen LogP contribution >= 0.6 is 8.25 Å². The lowest BCUT2D eigenvalue weighted by atomic mass is 10.4. The molecule has 0 heterocycles. The molecule has 1 atom stereocenters. The number of alkyl halides is 4. The first-order valence-electron chi connectivity index (χ1n) is 3.29. The van der Waals surface area contributed by atoms with E-state index in [1.807, 2.05) is 0 Å². The maximum atomic E-state index is 12.1. The molecule has 0 aromatic rings. The van der Waals surface area contributed by atoms with Crippen LogP contribution in [0.5, 0.6) is 0 Å². The Balaban J connectivity index is 3.81. The van der Waals surface area contributed by atoms with Gasteiger partial charge in [-0.05, 0) is 6.92 Å². The van der Waals surface area contributed by atoms with Crippen LogP contribution in [0.2, 0.25) is 0 Å². The molecule has 3 nitrogen and oxygen atoms in total. The van der Waals surface area contributed by atoms with Gasteiger partial charge in [0.2, 0.25) is 0 Å². The molecule has 0 saturated heterocycles. The van der Waals surface area contributed by atoms with Gasteiger partial charge in [0, 0.05) is 4.57 Å². The SMILES string of the molecule is CCO[P+](=O)OCC(F)(F)C(F)F. The van der Waals surface area contributed by atoms with Gasteiger partial charge in [0.25, 0.3) is 0 Å². The highest BCUT2D eigenvalue weighted by molar-refractivity contribution is 7.33. The van der Waals surface area contributed by atoms with E-state index in [2.05, 4.69) is 9.05 Å². The Morgan fingerprint density at radius 3 is 2.31 bits per heavy atom. The highest BCUT2D eigenvalue weighted by Gasteiger charge is 2.44. The molecule has 0 saturated carbocycles. The molecular weight excluding hydrogens is 215 g/mol. The lowest BCUT2D eigenvalue weighted by molar-refractivity contribution is -0.148. The first kappa shape index (κ1) is 12.7. The minimum Gasteiger partial charge on any atom is -0.203 e. The molecule has 0 bridgehead atoms. The standard InChI is InChI=1S/C5H8F4O3P/c1-2-11-13(10)12-3-5(8,9)4(6)7/h4H,2-3H2,1H3/q+1. The van der Waals surface area contributed by atoms with Gasteiger partial charge in [-0.3, -0.25) is 0 Å². The second-order valence-electron chi connectivity index (χ2n) is 1.98. The summed E-state index contributed by atoms with van der Waals surface area (Å²) in [5, 5.41) is 0. The number of rotatable bonds is 6. The molecule has 0 aromatic carbocycles. The number of hydrogen-bond donors (Lipinski definition) is 0. The van der Waals surface area contributed by atoms with Crippen LogP contribution in [0, 0.1) is 0 Å². The molecule has 0 aliphatic heterocycles. The Hall–Kier alpha value is -0.260. The van der Waals surface area contributed by atoms with E-state index < -0.39 is 27.2 Å². The van der Waals surface area contributed by atoms with Crippen LogP contribution in [-0.4, -0.2) is 25.6 Å². The van der Waals surface area contributed by atoms with Crippen molar-refractivity contribution < 1.29 is 31.2 Å². The van der Waals surface area contributed by atoms with E-state index in [0.29, 0.717) is 0 Å². The maximum absolute atomic E-state index is 12.1. The molecular formula is C5H8F4O3P+. The number of hydrogen-bond acceptors (Lipinski definition) is 3. The van der Waals surface area contributed by atoms with Crippen LogP contribution in [0.25, 0.3) is 0 Å². The van der Waals surface area contributed by atoms with Crippen LogP contribution in [-0.2, 0) is 13.6 Å². The Morgan fingerprint density at radius 2 is 1.92 bits per heavy atom. The normalized spacial score (nSPS) is 13.5. The molecule has 0 aliphatic carbocycles. The number of halogens is 4. The predicted octanol–water partition coefficient (Wildman–Crippen LogP) is 2.60. The summed E-state index contributed by atoms with van der Waals surface area (Å²) in [7, 11) is -2.73. The minimum absolute atomic E-state index is 0.00451. The van der Waals surface area contributed by atoms with Crippen LogP contribution < -0.4 is 0 Å². The zero-order chi connectivity index (χ0) is 10.5. The predicted molar refractivity (Wildman–Crippen MR) is 36.1 cm³/mol. The van der Waals surface area contributed by atoms with Gasteiger partial charge in [-0.1, -0.05) is 0 Å². The van der Waals surface area contributed by atoms with Crippen LogP contribution in [0.4, 0.5) is 17.6 Å². The Labute approximate surface area is 73.0 Å². The molecule has 0 spiro atoms. The fourth-order valence-corrected chi connectivity index (χ4v) is 0.907. The van der Waals surface area contributed by atoms with Crippen molar-refractivity contribution in [2.45, 2.75) is 19.3 Å². The Kier molecular flexibility index (Phi) is 5.36. The first-order valence-corrected chi connectivity index (χ1v) is 4.38. The van der Waals surface area contributed by atoms with E-state index >= 15 is 0 Å². The van der Waals surface area contributed by atoms with E-state index in [1.165, 1.54) is 6.92 Å². The summed E-state index contributed by atoms with van der Waals surface area (Å²) in [4.78, 5) is 0. The smallest absolute Gasteiger partial charge is 0.203 e. The van der Waals surface area contributed by atoms with Crippen molar-refractivity contribution >= 4 is 8.25 Å². The van der Waals surface area contributed by atoms with Crippen molar-refractivity contribution in [3.63, 3.8) is 0 Å². The van der Waals surface area contributed by atoms with Gasteiger partial charge in [-0.2, -0.15) is 8.78 Å². The van der Waals surface area contributed by atoms with E-state index in [4.69, 9.17) is 0 Å². The van der Waals surface area contributed by atoms with Crippen molar-refractivity contribution in [3.8, 4) is 0 Å². The van der Waals surface area contributed by atoms with Gasteiger partial charge in [-0.25, -0.2) is 8.78 Å². The largest absolute Gasteiger partial charge is 0.697 e. The van der Waals surface area contributed by atoms with Crippen LogP contribution in [0.3, 0.4) is 0 Å². The Bertz CT molecular complexity index is 175. The van der Waals surface area contributed by atoms with Crippen molar-refractivity contribution in [1.82, 2.24) is 0 Å². The molecule has 0 radical (unpaired) electrons. The highest BCUT2D eigenvalue weighted by Crippen LogP contribution is 2.30. The van der Waals surface area contributed by atoms with Gasteiger partial charge >= 0.3 is 20.6 Å². The second kappa shape index (κ2) is 5.47. The molecule has 78 valence electrons. The molecule has 0 rings (SSSR count). The zero-order valence-corrected chi connectivity index (χ0v) is 7.57. The average Bonchev–Trinajstić information content (AvgIpc) is 2.01. The van der Waals surface area contributed by atoms with Gasteiger partial charge in [0.1, 0.15) is 6.61 Å². The fourth-order valence-electron chi connectivity index (χ4n) is 0.344. The van der Waals surface area contributed by atoms with Crippen molar-refractivity contribution in [2.75, 3.05) is 13.2 Å². The quantitative estimate of drug-likeness (QED) is 0.512. The van der Waals surface area contributed by atoms with E-state index in [1.54, 1.807) is 0 Å². The second-order valence-corrected chi connectivity index (χ2v) is 2.94. The van der Waals surface area contributed by atoms with Gasteiger partial charge in [-0.15, -0.1) is 9.05 Å². The summed E-state index contributed by atoms with van der Waals surface area (Å²) < 4.78 is 65.7. The third-order valence-electron chi connectivity index (χ3n) is 0.916. The summed E-state index contributed by atoms with van der Waals surface area (Å²) in [6, 6.07) is 0. The van der Waals surface area contributed by atoms with Crippen LogP contribution in [0.15, 0.2) is 0 Å². The molecule has 0 N–H and O–H groups in total. The first-order chi connectivity index (χ1) is 5.90. The van der Waals surface area contributed by atoms with Crippen molar-refractivity contribution in [1.29, 1.82) is 0 Å². The molecule has 1 unspecified atom stereocenters. The van der Waals surface area contributed by atoms with Gasteiger partial charge in [0.05, 0.1) is 0 Å².